The topological polar surface area (TPSA) is 65.6 Å². The minimum absolute atomic E-state index is 0.260. The summed E-state index contributed by atoms with van der Waals surface area (Å²) >= 11 is 5.87. The van der Waals surface area contributed by atoms with E-state index in [4.69, 9.17) is 16.8 Å². The molecule has 0 aliphatic carbocycles. The predicted molar refractivity (Wildman–Crippen MR) is 79.8 cm³/mol. The second-order valence-electron chi connectivity index (χ2n) is 4.53. The Bertz CT molecular complexity index is 736. The molecule has 21 heavy (non-hydrogen) atoms. The van der Waals surface area contributed by atoms with Crippen LogP contribution in [0.5, 0.6) is 0 Å². The maximum Gasteiger partial charge on any atom is 0.163 e. The fourth-order valence-electron chi connectivity index (χ4n) is 2.01. The van der Waals surface area contributed by atoms with E-state index in [9.17, 15) is 5.21 Å². The van der Waals surface area contributed by atoms with Crippen LogP contribution in [0.25, 0.3) is 16.9 Å². The van der Waals surface area contributed by atoms with Crippen LogP contribution in [0, 0.1) is 5.21 Å². The molecule has 0 spiro atoms. The van der Waals surface area contributed by atoms with Crippen molar-refractivity contribution in [2.45, 2.75) is 0 Å². The SMILES string of the molecule is [O-][NH+](O)c1ccc(-c2cn(-c3ccc(Cl)cc3)cn2)cc1. The molecule has 0 saturated heterocycles. The monoisotopic (exact) mass is 301 g/mol. The molecule has 0 fully saturated rings. The molecule has 0 amide bonds. The van der Waals surface area contributed by atoms with Gasteiger partial charge in [0, 0.05) is 34.6 Å². The van der Waals surface area contributed by atoms with E-state index in [2.05, 4.69) is 4.98 Å². The van der Waals surface area contributed by atoms with Gasteiger partial charge >= 0.3 is 0 Å². The van der Waals surface area contributed by atoms with Crippen LogP contribution in [0.1, 0.15) is 0 Å². The van der Waals surface area contributed by atoms with E-state index < -0.39 is 5.23 Å². The molecule has 1 atom stereocenters. The van der Waals surface area contributed by atoms with Crippen molar-refractivity contribution in [1.29, 1.82) is 0 Å². The first-order chi connectivity index (χ1) is 10.1. The highest BCUT2D eigenvalue weighted by molar-refractivity contribution is 6.30. The molecule has 1 aromatic heterocycles. The zero-order chi connectivity index (χ0) is 14.8. The van der Waals surface area contributed by atoms with Crippen LogP contribution >= 0.6 is 11.6 Å². The second-order valence-corrected chi connectivity index (χ2v) is 4.96. The number of hydrogen-bond acceptors (Lipinski definition) is 3. The number of nitrogens with zero attached hydrogens (tertiary/aromatic N) is 2. The van der Waals surface area contributed by atoms with Gasteiger partial charge in [0.25, 0.3) is 0 Å². The minimum Gasteiger partial charge on any atom is -0.595 e. The molecule has 2 aromatic carbocycles. The molecule has 106 valence electrons. The Hall–Kier alpha value is -2.18. The van der Waals surface area contributed by atoms with Gasteiger partial charge in [0.05, 0.1) is 12.0 Å². The molecule has 0 aliphatic rings. The Morgan fingerprint density at radius 2 is 1.71 bits per heavy atom. The Balaban J connectivity index is 1.89. The highest BCUT2D eigenvalue weighted by Gasteiger charge is 2.05. The second kappa shape index (κ2) is 5.67. The van der Waals surface area contributed by atoms with E-state index in [1.165, 1.54) is 0 Å². The molecule has 0 bridgehead atoms. The van der Waals surface area contributed by atoms with Gasteiger partial charge in [-0.2, -0.15) is 5.23 Å². The normalized spacial score (nSPS) is 12.3. The van der Waals surface area contributed by atoms with Gasteiger partial charge in [-0.05, 0) is 36.4 Å². The fraction of sp³-hybridized carbons (Fsp3) is 0. The molecule has 0 saturated carbocycles. The van der Waals surface area contributed by atoms with Crippen molar-refractivity contribution in [3.63, 3.8) is 0 Å². The van der Waals surface area contributed by atoms with Crippen LogP contribution in [-0.4, -0.2) is 14.8 Å². The van der Waals surface area contributed by atoms with Crippen LogP contribution in [0.3, 0.4) is 0 Å². The molecule has 1 heterocycles. The van der Waals surface area contributed by atoms with Gasteiger partial charge < -0.3 is 9.77 Å². The van der Waals surface area contributed by atoms with Gasteiger partial charge in [-0.15, -0.1) is 0 Å². The summed E-state index contributed by atoms with van der Waals surface area (Å²) in [5.41, 5.74) is 2.87. The Labute approximate surface area is 126 Å². The lowest BCUT2D eigenvalue weighted by atomic mass is 10.1. The van der Waals surface area contributed by atoms with Crippen LogP contribution in [0.2, 0.25) is 5.02 Å². The summed E-state index contributed by atoms with van der Waals surface area (Å²) in [5.74, 6) is 0. The van der Waals surface area contributed by atoms with Crippen LogP contribution in [0.4, 0.5) is 5.69 Å². The molecule has 0 radical (unpaired) electrons. The van der Waals surface area contributed by atoms with Gasteiger partial charge in [0.15, 0.2) is 5.69 Å². The molecule has 2 N–H and O–H groups in total. The van der Waals surface area contributed by atoms with Crippen molar-refractivity contribution < 1.29 is 10.4 Å². The third kappa shape index (κ3) is 2.96. The van der Waals surface area contributed by atoms with Crippen molar-refractivity contribution in [2.24, 2.45) is 0 Å². The maximum absolute atomic E-state index is 10.8. The average molecular weight is 302 g/mol. The largest absolute Gasteiger partial charge is 0.595 e. The van der Waals surface area contributed by atoms with Gasteiger partial charge in [-0.1, -0.05) is 11.6 Å². The first-order valence-electron chi connectivity index (χ1n) is 6.27. The lowest BCUT2D eigenvalue weighted by Gasteiger charge is -2.11. The minimum atomic E-state index is -0.937. The Kier molecular flexibility index (Phi) is 3.72. The average Bonchev–Trinajstić information content (AvgIpc) is 2.98. The number of imidazole rings is 1. The fourth-order valence-corrected chi connectivity index (χ4v) is 2.14. The Morgan fingerprint density at radius 3 is 2.33 bits per heavy atom. The summed E-state index contributed by atoms with van der Waals surface area (Å²) in [6.45, 7) is 0. The summed E-state index contributed by atoms with van der Waals surface area (Å²) < 4.78 is 1.89. The van der Waals surface area contributed by atoms with E-state index >= 15 is 0 Å². The molecule has 0 aliphatic heterocycles. The zero-order valence-electron chi connectivity index (χ0n) is 10.9. The number of rotatable bonds is 3. The summed E-state index contributed by atoms with van der Waals surface area (Å²) in [4.78, 5) is 4.34. The van der Waals surface area contributed by atoms with Gasteiger partial charge in [0.1, 0.15) is 0 Å². The molecular weight excluding hydrogens is 290 g/mol. The van der Waals surface area contributed by atoms with Crippen molar-refractivity contribution >= 4 is 17.3 Å². The lowest BCUT2D eigenvalue weighted by Crippen LogP contribution is -2.99. The number of aromatic nitrogens is 2. The van der Waals surface area contributed by atoms with Gasteiger partial charge in [0.2, 0.25) is 0 Å². The molecule has 5 nitrogen and oxygen atoms in total. The first-order valence-corrected chi connectivity index (χ1v) is 6.65. The molecule has 6 heteroatoms. The van der Waals surface area contributed by atoms with E-state index in [1.807, 2.05) is 35.0 Å². The summed E-state index contributed by atoms with van der Waals surface area (Å²) in [6.07, 6.45) is 3.60. The van der Waals surface area contributed by atoms with E-state index in [1.54, 1.807) is 30.6 Å². The number of nitrogens with one attached hydrogen (secondary N) is 1. The highest BCUT2D eigenvalue weighted by Crippen LogP contribution is 2.20. The van der Waals surface area contributed by atoms with E-state index in [0.29, 0.717) is 5.02 Å². The smallest absolute Gasteiger partial charge is 0.163 e. The first kappa shape index (κ1) is 13.8. The van der Waals surface area contributed by atoms with Crippen molar-refractivity contribution in [2.75, 3.05) is 0 Å². The highest BCUT2D eigenvalue weighted by atomic mass is 35.5. The van der Waals surface area contributed by atoms with E-state index in [-0.39, 0.29) is 5.69 Å². The summed E-state index contributed by atoms with van der Waals surface area (Å²) in [6, 6.07) is 14.1. The third-order valence-corrected chi connectivity index (χ3v) is 3.39. The van der Waals surface area contributed by atoms with Crippen molar-refractivity contribution in [3.05, 3.63) is 71.3 Å². The van der Waals surface area contributed by atoms with Gasteiger partial charge in [-0.3, -0.25) is 0 Å². The predicted octanol–water partition coefficient (Wildman–Crippen LogP) is 2.60. The number of halogens is 1. The number of quaternary nitrogens is 1. The van der Waals surface area contributed by atoms with Crippen LogP contribution < -0.4 is 5.23 Å². The van der Waals surface area contributed by atoms with Crippen molar-refractivity contribution in [3.8, 4) is 16.9 Å². The lowest BCUT2D eigenvalue weighted by molar-refractivity contribution is -0.991. The Morgan fingerprint density at radius 1 is 1.05 bits per heavy atom. The van der Waals surface area contributed by atoms with Crippen LogP contribution in [0.15, 0.2) is 61.1 Å². The zero-order valence-corrected chi connectivity index (χ0v) is 11.7. The third-order valence-electron chi connectivity index (χ3n) is 3.13. The van der Waals surface area contributed by atoms with Gasteiger partial charge in [-0.25, -0.2) is 10.2 Å². The number of benzene rings is 2. The molecule has 1 unspecified atom stereocenters. The van der Waals surface area contributed by atoms with E-state index in [0.717, 1.165) is 16.9 Å². The molecular formula is C15H12ClN3O2. The van der Waals surface area contributed by atoms with Crippen molar-refractivity contribution in [1.82, 2.24) is 9.55 Å². The summed E-state index contributed by atoms with van der Waals surface area (Å²) in [5, 5.41) is 19.5. The molecule has 3 rings (SSSR count). The number of hydrogen-bond donors (Lipinski definition) is 2. The summed E-state index contributed by atoms with van der Waals surface area (Å²) in [7, 11) is 0. The maximum atomic E-state index is 10.8. The standard InChI is InChI=1S/C15H12ClN3O2/c16-12-3-7-13(8-4-12)18-9-15(17-10-18)11-1-5-14(6-2-11)19(20)21/h1-10,19-20H. The molecule has 3 aromatic rings. The quantitative estimate of drug-likeness (QED) is 0.731. The van der Waals surface area contributed by atoms with Crippen LogP contribution in [-0.2, 0) is 0 Å².